The van der Waals surface area contributed by atoms with Gasteiger partial charge in [0.2, 0.25) is 0 Å². The summed E-state index contributed by atoms with van der Waals surface area (Å²) in [5.74, 6) is 0.106. The van der Waals surface area contributed by atoms with E-state index in [0.717, 1.165) is 18.4 Å². The number of aromatic nitrogens is 3. The molecule has 2 aliphatic heterocycles. The van der Waals surface area contributed by atoms with E-state index < -0.39 is 5.60 Å². The second kappa shape index (κ2) is 5.78. The van der Waals surface area contributed by atoms with Crippen LogP contribution in [0.25, 0.3) is 5.52 Å². The summed E-state index contributed by atoms with van der Waals surface area (Å²) < 4.78 is 14.2. The fourth-order valence-corrected chi connectivity index (χ4v) is 4.83. The highest BCUT2D eigenvalue weighted by Gasteiger charge is 2.63. The Bertz CT molecular complexity index is 1040. The number of nitrogens with zero attached hydrogens (tertiary/aromatic N) is 4. The summed E-state index contributed by atoms with van der Waals surface area (Å²) in [6.45, 7) is 0. The highest BCUT2D eigenvalue weighted by molar-refractivity contribution is 5.89. The summed E-state index contributed by atoms with van der Waals surface area (Å²) in [5, 5.41) is 8.09. The Labute approximate surface area is 161 Å². The van der Waals surface area contributed by atoms with Crippen molar-refractivity contribution in [2.75, 3.05) is 0 Å². The van der Waals surface area contributed by atoms with Crippen LogP contribution in [0.4, 0.5) is 0 Å². The molecule has 6 rings (SSSR count). The lowest BCUT2D eigenvalue weighted by Gasteiger charge is -2.41. The van der Waals surface area contributed by atoms with Crippen LogP contribution in [0.1, 0.15) is 37.3 Å². The van der Waals surface area contributed by atoms with Crippen molar-refractivity contribution in [1.82, 2.24) is 19.5 Å². The molecule has 0 unspecified atom stereocenters. The minimum atomic E-state index is -0.735. The van der Waals surface area contributed by atoms with E-state index in [1.165, 1.54) is 5.56 Å². The summed E-state index contributed by atoms with van der Waals surface area (Å²) in [6, 6.07) is 14.7. The summed E-state index contributed by atoms with van der Waals surface area (Å²) in [5.41, 5.74) is 1.38. The van der Waals surface area contributed by atoms with E-state index in [0.29, 0.717) is 18.9 Å². The number of benzene rings is 1. The first-order chi connectivity index (χ1) is 13.7. The van der Waals surface area contributed by atoms with Crippen molar-refractivity contribution in [3.05, 3.63) is 60.4 Å². The number of amides is 1. The van der Waals surface area contributed by atoms with Crippen LogP contribution >= 0.6 is 0 Å². The second-order valence-electron chi connectivity index (χ2n) is 7.86. The van der Waals surface area contributed by atoms with Gasteiger partial charge in [0.05, 0.1) is 17.8 Å². The van der Waals surface area contributed by atoms with Gasteiger partial charge in [0.25, 0.3) is 5.91 Å². The Hall–Kier alpha value is -2.93. The van der Waals surface area contributed by atoms with Crippen molar-refractivity contribution in [3.63, 3.8) is 0 Å². The molecule has 2 aromatic heterocycles. The fourth-order valence-electron chi connectivity index (χ4n) is 4.83. The molecule has 28 heavy (non-hydrogen) atoms. The zero-order valence-corrected chi connectivity index (χ0v) is 15.3. The molecule has 1 aromatic carbocycles. The average molecular weight is 376 g/mol. The maximum Gasteiger partial charge on any atom is 0.320 e. The van der Waals surface area contributed by atoms with E-state index >= 15 is 0 Å². The number of hydrogen-bond acceptors (Lipinski definition) is 5. The zero-order chi connectivity index (χ0) is 18.7. The van der Waals surface area contributed by atoms with Crippen molar-refractivity contribution in [3.8, 4) is 6.01 Å². The van der Waals surface area contributed by atoms with Gasteiger partial charge in [0.15, 0.2) is 5.60 Å². The highest BCUT2D eigenvalue weighted by Crippen LogP contribution is 2.51. The summed E-state index contributed by atoms with van der Waals surface area (Å²) in [4.78, 5) is 15.2. The smallest absolute Gasteiger partial charge is 0.320 e. The Kier molecular flexibility index (Phi) is 3.32. The van der Waals surface area contributed by atoms with Crippen molar-refractivity contribution in [2.45, 2.75) is 49.7 Å². The SMILES string of the molecule is O=C1N2[C@@H](CC[C@H]2c2ccccc2)OC12CC(Oc1nncc3cccn13)C2. The fraction of sp³-hybridized carbons (Fsp3) is 0.381. The summed E-state index contributed by atoms with van der Waals surface area (Å²) >= 11 is 0. The van der Waals surface area contributed by atoms with Crippen LogP contribution < -0.4 is 4.74 Å². The Morgan fingerprint density at radius 3 is 2.82 bits per heavy atom. The van der Waals surface area contributed by atoms with Gasteiger partial charge in [0.1, 0.15) is 12.3 Å². The van der Waals surface area contributed by atoms with E-state index in [1.807, 2.05) is 45.8 Å². The van der Waals surface area contributed by atoms with Crippen LogP contribution in [0.3, 0.4) is 0 Å². The van der Waals surface area contributed by atoms with Gasteiger partial charge in [0, 0.05) is 19.0 Å². The van der Waals surface area contributed by atoms with Gasteiger partial charge in [-0.05, 0) is 30.5 Å². The molecule has 1 saturated carbocycles. The summed E-state index contributed by atoms with van der Waals surface area (Å²) in [6.07, 6.45) is 6.31. The molecular weight excluding hydrogens is 356 g/mol. The average Bonchev–Trinajstić information content (AvgIpc) is 3.38. The number of carbonyl (C=O) groups is 1. The van der Waals surface area contributed by atoms with Gasteiger partial charge in [-0.25, -0.2) is 0 Å². The van der Waals surface area contributed by atoms with Crippen LogP contribution in [-0.4, -0.2) is 43.3 Å². The van der Waals surface area contributed by atoms with Gasteiger partial charge in [-0.15, -0.1) is 0 Å². The third-order valence-electron chi connectivity index (χ3n) is 6.21. The summed E-state index contributed by atoms with van der Waals surface area (Å²) in [7, 11) is 0. The van der Waals surface area contributed by atoms with Gasteiger partial charge >= 0.3 is 6.01 Å². The molecule has 7 heteroatoms. The number of ether oxygens (including phenoxy) is 2. The first kappa shape index (κ1) is 16.1. The Morgan fingerprint density at radius 1 is 1.11 bits per heavy atom. The number of carbonyl (C=O) groups excluding carboxylic acids is 1. The largest absolute Gasteiger partial charge is 0.460 e. The van der Waals surface area contributed by atoms with E-state index in [-0.39, 0.29) is 24.3 Å². The minimum absolute atomic E-state index is 0.0959. The molecule has 1 aliphatic carbocycles. The highest BCUT2D eigenvalue weighted by atomic mass is 16.6. The van der Waals surface area contributed by atoms with E-state index in [1.54, 1.807) is 6.20 Å². The third kappa shape index (κ3) is 2.22. The second-order valence-corrected chi connectivity index (χ2v) is 7.86. The van der Waals surface area contributed by atoms with Gasteiger partial charge < -0.3 is 14.4 Å². The van der Waals surface area contributed by atoms with Crippen LogP contribution in [0.15, 0.2) is 54.9 Å². The third-order valence-corrected chi connectivity index (χ3v) is 6.21. The predicted molar refractivity (Wildman–Crippen MR) is 99.5 cm³/mol. The van der Waals surface area contributed by atoms with Crippen LogP contribution in [-0.2, 0) is 9.53 Å². The molecule has 2 atom stereocenters. The van der Waals surface area contributed by atoms with E-state index in [2.05, 4.69) is 22.3 Å². The van der Waals surface area contributed by atoms with Crippen molar-refractivity contribution in [2.24, 2.45) is 0 Å². The van der Waals surface area contributed by atoms with Gasteiger partial charge in [-0.2, -0.15) is 5.10 Å². The van der Waals surface area contributed by atoms with Gasteiger partial charge in [-0.1, -0.05) is 35.4 Å². The minimum Gasteiger partial charge on any atom is -0.460 e. The Morgan fingerprint density at radius 2 is 1.96 bits per heavy atom. The molecule has 1 amide bonds. The number of hydrogen-bond donors (Lipinski definition) is 0. The molecular formula is C21H20N4O3. The molecule has 142 valence electrons. The molecule has 2 saturated heterocycles. The lowest BCUT2D eigenvalue weighted by molar-refractivity contribution is -0.163. The molecule has 3 aliphatic rings. The number of fused-ring (bicyclic) bond motifs is 2. The molecule has 3 fully saturated rings. The van der Waals surface area contributed by atoms with E-state index in [4.69, 9.17) is 9.47 Å². The van der Waals surface area contributed by atoms with Crippen molar-refractivity contribution in [1.29, 1.82) is 0 Å². The monoisotopic (exact) mass is 376 g/mol. The van der Waals surface area contributed by atoms with Crippen LogP contribution in [0.5, 0.6) is 6.01 Å². The Balaban J connectivity index is 1.19. The quantitative estimate of drug-likeness (QED) is 0.703. The predicted octanol–water partition coefficient (Wildman–Crippen LogP) is 2.73. The molecule has 3 aromatic rings. The van der Waals surface area contributed by atoms with Crippen LogP contribution in [0, 0.1) is 0 Å². The molecule has 4 heterocycles. The molecule has 0 bridgehead atoms. The maximum absolute atomic E-state index is 13.3. The molecule has 1 spiro atoms. The number of rotatable bonds is 3. The topological polar surface area (TPSA) is 69.0 Å². The zero-order valence-electron chi connectivity index (χ0n) is 15.3. The van der Waals surface area contributed by atoms with Crippen LogP contribution in [0.2, 0.25) is 0 Å². The first-order valence-corrected chi connectivity index (χ1v) is 9.74. The molecule has 0 radical (unpaired) electrons. The molecule has 7 nitrogen and oxygen atoms in total. The standard InChI is InChI=1S/C21H20N4O3/c26-19-21(28-18-9-8-17(25(18)19)14-5-2-1-3-6-14)11-16(12-21)27-20-23-22-13-15-7-4-10-24(15)20/h1-7,10,13,16-18H,8-9,11-12H2/t16?,17-,18+,21?/m0/s1. The first-order valence-electron chi connectivity index (χ1n) is 9.74. The lowest BCUT2D eigenvalue weighted by atomic mass is 9.76. The van der Waals surface area contributed by atoms with Crippen molar-refractivity contribution < 1.29 is 14.3 Å². The maximum atomic E-state index is 13.3. The van der Waals surface area contributed by atoms with E-state index in [9.17, 15) is 4.79 Å². The van der Waals surface area contributed by atoms with Gasteiger partial charge in [-0.3, -0.25) is 9.20 Å². The lowest BCUT2D eigenvalue weighted by Crippen LogP contribution is -2.56. The normalized spacial score (nSPS) is 31.4. The van der Waals surface area contributed by atoms with Crippen molar-refractivity contribution >= 4 is 11.4 Å². The molecule has 0 N–H and O–H groups in total.